The van der Waals surface area contributed by atoms with Crippen molar-refractivity contribution in [1.82, 2.24) is 5.32 Å². The van der Waals surface area contributed by atoms with Gasteiger partial charge in [0.15, 0.2) is 0 Å². The first kappa shape index (κ1) is 23.8. The summed E-state index contributed by atoms with van der Waals surface area (Å²) in [7, 11) is 3.00. The molecule has 0 saturated carbocycles. The van der Waals surface area contributed by atoms with Gasteiger partial charge in [0, 0.05) is 42.0 Å². The average molecular weight is 469 g/mol. The van der Waals surface area contributed by atoms with E-state index in [4.69, 9.17) is 5.11 Å². The molecule has 0 bridgehead atoms. The molecule has 0 unspecified atom stereocenters. The van der Waals surface area contributed by atoms with Crippen LogP contribution >= 0.6 is 21.6 Å². The minimum atomic E-state index is -0.811. The van der Waals surface area contributed by atoms with E-state index in [1.54, 1.807) is 4.90 Å². The molecular weight excluding hydrogens is 444 g/mol. The molecule has 0 atom stereocenters. The molecule has 3 rings (SSSR count). The van der Waals surface area contributed by atoms with Crippen LogP contribution in [0, 0.1) is 11.8 Å². The predicted molar refractivity (Wildman–Crippen MR) is 129 cm³/mol. The molecule has 0 radical (unpaired) electrons. The molecule has 0 fully saturated rings. The van der Waals surface area contributed by atoms with E-state index in [-0.39, 0.29) is 31.1 Å². The van der Waals surface area contributed by atoms with Crippen molar-refractivity contribution in [2.75, 3.05) is 23.0 Å². The van der Waals surface area contributed by atoms with Crippen LogP contribution in [0.5, 0.6) is 0 Å². The molecule has 2 aromatic rings. The van der Waals surface area contributed by atoms with Crippen molar-refractivity contribution in [3.8, 4) is 11.8 Å². The van der Waals surface area contributed by atoms with Gasteiger partial charge in [-0.05, 0) is 23.8 Å². The number of carboxylic acid groups (broad SMARTS) is 1. The first-order valence-electron chi connectivity index (χ1n) is 10.3. The summed E-state index contributed by atoms with van der Waals surface area (Å²) in [6.07, 6.45) is 0.347. The summed E-state index contributed by atoms with van der Waals surface area (Å²) in [6.45, 7) is 0.889. The molecule has 6 nitrogen and oxygen atoms in total. The minimum Gasteiger partial charge on any atom is -0.481 e. The molecule has 1 aliphatic rings. The van der Waals surface area contributed by atoms with Crippen molar-refractivity contribution < 1.29 is 19.5 Å². The Morgan fingerprint density at radius 2 is 1.59 bits per heavy atom. The van der Waals surface area contributed by atoms with Gasteiger partial charge in [-0.3, -0.25) is 14.4 Å². The molecule has 0 saturated heterocycles. The Morgan fingerprint density at radius 3 is 2.41 bits per heavy atom. The third kappa shape index (κ3) is 7.08. The number of amides is 2. The number of hydrogen-bond donors (Lipinski definition) is 2. The SMILES string of the molecule is O=C(O)CCSSCCNC(=O)CCC(=O)N1Cc2ccccc2C#Cc2ccccc21. The number of aliphatic carboxylic acids is 1. The summed E-state index contributed by atoms with van der Waals surface area (Å²) in [5, 5.41) is 11.4. The van der Waals surface area contributed by atoms with Gasteiger partial charge in [0.2, 0.25) is 11.8 Å². The van der Waals surface area contributed by atoms with E-state index in [9.17, 15) is 14.4 Å². The van der Waals surface area contributed by atoms with E-state index >= 15 is 0 Å². The Balaban J connectivity index is 1.53. The van der Waals surface area contributed by atoms with Crippen LogP contribution < -0.4 is 10.2 Å². The zero-order valence-electron chi connectivity index (χ0n) is 17.5. The van der Waals surface area contributed by atoms with Gasteiger partial charge >= 0.3 is 5.97 Å². The summed E-state index contributed by atoms with van der Waals surface area (Å²) in [6, 6.07) is 15.3. The van der Waals surface area contributed by atoms with Crippen LogP contribution in [0.15, 0.2) is 48.5 Å². The zero-order valence-corrected chi connectivity index (χ0v) is 19.1. The lowest BCUT2D eigenvalue weighted by molar-refractivity contribution is -0.136. The Morgan fingerprint density at radius 1 is 0.906 bits per heavy atom. The van der Waals surface area contributed by atoms with Gasteiger partial charge in [0.05, 0.1) is 18.7 Å². The Hall–Kier alpha value is -2.89. The lowest BCUT2D eigenvalue weighted by atomic mass is 10.0. The lowest BCUT2D eigenvalue weighted by Gasteiger charge is -2.26. The van der Waals surface area contributed by atoms with Gasteiger partial charge in [-0.1, -0.05) is 63.8 Å². The number of carbonyl (C=O) groups excluding carboxylic acids is 2. The Labute approximate surface area is 195 Å². The van der Waals surface area contributed by atoms with Crippen LogP contribution in [0.25, 0.3) is 0 Å². The molecule has 2 N–H and O–H groups in total. The smallest absolute Gasteiger partial charge is 0.304 e. The van der Waals surface area contributed by atoms with Gasteiger partial charge in [-0.2, -0.15) is 0 Å². The molecule has 0 spiro atoms. The average Bonchev–Trinajstić information content (AvgIpc) is 2.78. The maximum absolute atomic E-state index is 13.1. The fourth-order valence-corrected chi connectivity index (χ4v) is 5.02. The summed E-state index contributed by atoms with van der Waals surface area (Å²) < 4.78 is 0. The first-order chi connectivity index (χ1) is 15.5. The van der Waals surface area contributed by atoms with Crippen LogP contribution in [0.4, 0.5) is 5.69 Å². The highest BCUT2D eigenvalue weighted by atomic mass is 33.1. The molecule has 8 heteroatoms. The quantitative estimate of drug-likeness (QED) is 0.314. The fraction of sp³-hybridized carbons (Fsp3) is 0.292. The number of para-hydroxylation sites is 1. The normalized spacial score (nSPS) is 11.8. The highest BCUT2D eigenvalue weighted by molar-refractivity contribution is 8.76. The van der Waals surface area contributed by atoms with Gasteiger partial charge in [-0.25, -0.2) is 0 Å². The third-order valence-corrected chi connectivity index (χ3v) is 7.14. The summed E-state index contributed by atoms with van der Waals surface area (Å²) in [4.78, 5) is 37.4. The van der Waals surface area contributed by atoms with E-state index in [1.807, 2.05) is 48.5 Å². The maximum atomic E-state index is 13.1. The van der Waals surface area contributed by atoms with Gasteiger partial charge in [0.25, 0.3) is 0 Å². The molecular formula is C24H24N2O4S2. The molecule has 32 heavy (non-hydrogen) atoms. The largest absolute Gasteiger partial charge is 0.481 e. The highest BCUT2D eigenvalue weighted by Crippen LogP contribution is 2.26. The number of rotatable bonds is 10. The lowest BCUT2D eigenvalue weighted by Crippen LogP contribution is -2.33. The summed E-state index contributed by atoms with van der Waals surface area (Å²) in [5.41, 5.74) is 3.42. The number of benzene rings is 2. The van der Waals surface area contributed by atoms with Crippen molar-refractivity contribution >= 4 is 45.1 Å². The van der Waals surface area contributed by atoms with Crippen molar-refractivity contribution in [3.63, 3.8) is 0 Å². The number of fused-ring (bicyclic) bond motifs is 2. The Kier molecular flexibility index (Phi) is 9.08. The van der Waals surface area contributed by atoms with Crippen molar-refractivity contribution in [2.24, 2.45) is 0 Å². The molecule has 0 aliphatic carbocycles. The van der Waals surface area contributed by atoms with Crippen LogP contribution in [0.2, 0.25) is 0 Å². The van der Waals surface area contributed by atoms with E-state index in [0.717, 1.165) is 22.4 Å². The van der Waals surface area contributed by atoms with Crippen molar-refractivity contribution in [3.05, 3.63) is 65.2 Å². The molecule has 1 aliphatic heterocycles. The van der Waals surface area contributed by atoms with Gasteiger partial charge in [0.1, 0.15) is 0 Å². The zero-order chi connectivity index (χ0) is 22.8. The third-order valence-electron chi connectivity index (χ3n) is 4.73. The number of nitrogens with zero attached hydrogens (tertiary/aromatic N) is 1. The van der Waals surface area contributed by atoms with Gasteiger partial charge in [-0.15, -0.1) is 0 Å². The Bertz CT molecular complexity index is 1050. The molecule has 2 amide bonds. The van der Waals surface area contributed by atoms with Gasteiger partial charge < -0.3 is 15.3 Å². The summed E-state index contributed by atoms with van der Waals surface area (Å²) >= 11 is 0. The predicted octanol–water partition coefficient (Wildman–Crippen LogP) is 3.69. The van der Waals surface area contributed by atoms with Crippen LogP contribution in [0.1, 0.15) is 36.0 Å². The second-order valence-electron chi connectivity index (χ2n) is 7.04. The van der Waals surface area contributed by atoms with E-state index in [2.05, 4.69) is 17.2 Å². The van der Waals surface area contributed by atoms with E-state index in [0.29, 0.717) is 24.6 Å². The molecule has 0 aromatic heterocycles. The number of carbonyl (C=O) groups is 3. The van der Waals surface area contributed by atoms with Crippen LogP contribution in [-0.2, 0) is 20.9 Å². The van der Waals surface area contributed by atoms with E-state index < -0.39 is 5.97 Å². The van der Waals surface area contributed by atoms with Crippen LogP contribution in [0.3, 0.4) is 0 Å². The molecule has 2 aromatic carbocycles. The topological polar surface area (TPSA) is 86.7 Å². The maximum Gasteiger partial charge on any atom is 0.304 e. The number of carboxylic acids is 1. The van der Waals surface area contributed by atoms with Crippen molar-refractivity contribution in [2.45, 2.75) is 25.8 Å². The molecule has 166 valence electrons. The fourth-order valence-electron chi connectivity index (χ4n) is 3.13. The summed E-state index contributed by atoms with van der Waals surface area (Å²) in [5.74, 6) is 6.47. The number of hydrogen-bond acceptors (Lipinski definition) is 5. The highest BCUT2D eigenvalue weighted by Gasteiger charge is 2.21. The second kappa shape index (κ2) is 12.2. The second-order valence-corrected chi connectivity index (χ2v) is 9.74. The minimum absolute atomic E-state index is 0.107. The van der Waals surface area contributed by atoms with Crippen LogP contribution in [-0.4, -0.2) is 40.9 Å². The first-order valence-corrected chi connectivity index (χ1v) is 12.8. The monoisotopic (exact) mass is 468 g/mol. The van der Waals surface area contributed by atoms with Crippen molar-refractivity contribution in [1.29, 1.82) is 0 Å². The number of nitrogens with one attached hydrogen (secondary N) is 1. The molecule has 1 heterocycles. The van der Waals surface area contributed by atoms with E-state index in [1.165, 1.54) is 21.6 Å². The standard InChI is InChI=1S/C24H24N2O4S2/c27-22(25-14-16-32-31-15-13-24(29)30)11-12-23(28)26-17-20-7-2-1-5-18(20)9-10-19-6-3-4-8-21(19)26/h1-8H,11-17H2,(H,25,27)(H,29,30). The number of anilines is 1.